The van der Waals surface area contributed by atoms with Gasteiger partial charge in [0.05, 0.1) is 10.5 Å². The van der Waals surface area contributed by atoms with Crippen molar-refractivity contribution in [1.29, 1.82) is 0 Å². The van der Waals surface area contributed by atoms with Crippen LogP contribution < -0.4 is 5.32 Å². The second-order valence-electron chi connectivity index (χ2n) is 10.1. The van der Waals surface area contributed by atoms with Gasteiger partial charge in [0.25, 0.3) is 15.9 Å². The molecular formula is C33H27FN4O3S. The molecule has 0 saturated carbocycles. The monoisotopic (exact) mass is 578 g/mol. The number of rotatable bonds is 7. The Kier molecular flexibility index (Phi) is 7.04. The van der Waals surface area contributed by atoms with E-state index in [9.17, 15) is 13.2 Å². The molecule has 210 valence electrons. The van der Waals surface area contributed by atoms with E-state index in [1.165, 1.54) is 37.6 Å². The molecule has 7 nitrogen and oxygen atoms in total. The van der Waals surface area contributed by atoms with Crippen molar-refractivity contribution in [3.8, 4) is 11.1 Å². The Balaban J connectivity index is 1.55. The highest BCUT2D eigenvalue weighted by Gasteiger charge is 2.24. The number of benzene rings is 3. The van der Waals surface area contributed by atoms with Crippen molar-refractivity contribution in [1.82, 2.24) is 19.3 Å². The molecule has 0 fully saturated rings. The first-order valence-corrected chi connectivity index (χ1v) is 14.9. The molecule has 6 aromatic rings. The zero-order valence-electron chi connectivity index (χ0n) is 23.0. The lowest BCUT2D eigenvalue weighted by atomic mass is 9.97. The largest absolute Gasteiger partial charge is 0.355 e. The van der Waals surface area contributed by atoms with Gasteiger partial charge < -0.3 is 5.32 Å². The molecule has 42 heavy (non-hydrogen) atoms. The summed E-state index contributed by atoms with van der Waals surface area (Å²) in [6.07, 6.45) is 5.81. The molecule has 3 aromatic carbocycles. The standard InChI is InChI=1S/C33H27FN4O3S/c1-21-8-12-26(13-9-21)42(40,41)38-20-29(28-17-25(33(39)35-2)19-37-32(28)38)24-16-27-23(11-10-22-6-4-3-5-7-22)14-15-36-31(27)30(34)18-24/h3-9,12-20H,10-11H2,1-2H3,(H,35,39). The normalized spacial score (nSPS) is 11.7. The van der Waals surface area contributed by atoms with Crippen molar-refractivity contribution < 1.29 is 17.6 Å². The van der Waals surface area contributed by atoms with Crippen LogP contribution in [0.15, 0.2) is 102 Å². The predicted molar refractivity (Wildman–Crippen MR) is 161 cm³/mol. The Morgan fingerprint density at radius 1 is 0.929 bits per heavy atom. The Bertz CT molecular complexity index is 2070. The van der Waals surface area contributed by atoms with Gasteiger partial charge in [0.1, 0.15) is 11.3 Å². The van der Waals surface area contributed by atoms with Crippen molar-refractivity contribution in [2.75, 3.05) is 7.05 Å². The van der Waals surface area contributed by atoms with E-state index in [4.69, 9.17) is 0 Å². The average Bonchev–Trinajstić information content (AvgIpc) is 3.40. The molecule has 6 rings (SSSR count). The van der Waals surface area contributed by atoms with Gasteiger partial charge in [-0.25, -0.2) is 21.8 Å². The van der Waals surface area contributed by atoms with Gasteiger partial charge in [-0.2, -0.15) is 0 Å². The van der Waals surface area contributed by atoms with Gasteiger partial charge in [-0.15, -0.1) is 0 Å². The third-order valence-corrected chi connectivity index (χ3v) is 9.07. The number of pyridine rings is 2. The summed E-state index contributed by atoms with van der Waals surface area (Å²) in [4.78, 5) is 21.2. The molecule has 3 aromatic heterocycles. The number of aromatic nitrogens is 3. The fourth-order valence-corrected chi connectivity index (χ4v) is 6.47. The van der Waals surface area contributed by atoms with Crippen molar-refractivity contribution in [3.63, 3.8) is 0 Å². The van der Waals surface area contributed by atoms with Crippen molar-refractivity contribution >= 4 is 37.9 Å². The van der Waals surface area contributed by atoms with E-state index in [0.717, 1.165) is 27.1 Å². The summed E-state index contributed by atoms with van der Waals surface area (Å²) in [5.41, 5.74) is 4.51. The second kappa shape index (κ2) is 10.8. The number of halogens is 1. The molecule has 0 spiro atoms. The van der Waals surface area contributed by atoms with Crippen molar-refractivity contribution in [3.05, 3.63) is 126 Å². The number of fused-ring (bicyclic) bond motifs is 2. The van der Waals surface area contributed by atoms with Crippen LogP contribution in [0.4, 0.5) is 4.39 Å². The second-order valence-corrected chi connectivity index (χ2v) is 12.0. The third kappa shape index (κ3) is 4.92. The molecule has 0 aliphatic carbocycles. The molecule has 1 amide bonds. The fourth-order valence-electron chi connectivity index (χ4n) is 5.15. The quantitative estimate of drug-likeness (QED) is 0.248. The summed E-state index contributed by atoms with van der Waals surface area (Å²) >= 11 is 0. The van der Waals surface area contributed by atoms with E-state index >= 15 is 4.39 Å². The van der Waals surface area contributed by atoms with Crippen LogP contribution in [0.5, 0.6) is 0 Å². The first-order valence-electron chi connectivity index (χ1n) is 13.4. The summed E-state index contributed by atoms with van der Waals surface area (Å²) in [5, 5.41) is 3.61. The minimum Gasteiger partial charge on any atom is -0.355 e. The average molecular weight is 579 g/mol. The molecule has 0 bridgehead atoms. The van der Waals surface area contributed by atoms with Crippen LogP contribution in [0.2, 0.25) is 0 Å². The third-order valence-electron chi connectivity index (χ3n) is 7.40. The van der Waals surface area contributed by atoms with Gasteiger partial charge >= 0.3 is 0 Å². The first-order chi connectivity index (χ1) is 20.3. The number of amides is 1. The summed E-state index contributed by atoms with van der Waals surface area (Å²) in [6, 6.07) is 23.2. The Hall–Kier alpha value is -4.89. The minimum absolute atomic E-state index is 0.0887. The van der Waals surface area contributed by atoms with Crippen LogP contribution in [0.1, 0.15) is 27.0 Å². The van der Waals surface area contributed by atoms with Crippen LogP contribution in [-0.4, -0.2) is 35.3 Å². The molecule has 0 atom stereocenters. The van der Waals surface area contributed by atoms with Crippen LogP contribution in [-0.2, 0) is 22.9 Å². The fraction of sp³-hybridized carbons (Fsp3) is 0.121. The number of aryl methyl sites for hydroxylation is 3. The zero-order valence-corrected chi connectivity index (χ0v) is 23.8. The lowest BCUT2D eigenvalue weighted by Crippen LogP contribution is -2.18. The molecule has 0 aliphatic rings. The molecule has 0 unspecified atom stereocenters. The molecule has 0 radical (unpaired) electrons. The highest BCUT2D eigenvalue weighted by molar-refractivity contribution is 7.90. The molecule has 0 aliphatic heterocycles. The van der Waals surface area contributed by atoms with Crippen LogP contribution in [0.25, 0.3) is 33.1 Å². The van der Waals surface area contributed by atoms with Gasteiger partial charge in [0, 0.05) is 42.0 Å². The summed E-state index contributed by atoms with van der Waals surface area (Å²) in [7, 11) is -2.56. The highest BCUT2D eigenvalue weighted by atomic mass is 32.2. The van der Waals surface area contributed by atoms with Crippen molar-refractivity contribution in [2.24, 2.45) is 0 Å². The van der Waals surface area contributed by atoms with Gasteiger partial charge in [0.15, 0.2) is 5.65 Å². The highest BCUT2D eigenvalue weighted by Crippen LogP contribution is 2.36. The van der Waals surface area contributed by atoms with Crippen molar-refractivity contribution in [2.45, 2.75) is 24.7 Å². The SMILES string of the molecule is CNC(=O)c1cnc2c(c1)c(-c1cc(F)c3nccc(CCc4ccccc4)c3c1)cn2S(=O)(=O)c1ccc(C)cc1. The molecular weight excluding hydrogens is 551 g/mol. The van der Waals surface area contributed by atoms with E-state index in [2.05, 4.69) is 27.4 Å². The maximum absolute atomic E-state index is 15.6. The van der Waals surface area contributed by atoms with E-state index < -0.39 is 15.8 Å². The van der Waals surface area contributed by atoms with Crippen LogP contribution in [0.3, 0.4) is 0 Å². The van der Waals surface area contributed by atoms with E-state index in [0.29, 0.717) is 28.3 Å². The van der Waals surface area contributed by atoms with Crippen LogP contribution in [0, 0.1) is 12.7 Å². The molecule has 1 N–H and O–H groups in total. The maximum Gasteiger partial charge on any atom is 0.269 e. The van der Waals surface area contributed by atoms with Gasteiger partial charge in [0.2, 0.25) is 0 Å². The molecule has 9 heteroatoms. The minimum atomic E-state index is -4.06. The van der Waals surface area contributed by atoms with Crippen LogP contribution >= 0.6 is 0 Å². The number of nitrogens with one attached hydrogen (secondary N) is 1. The lowest BCUT2D eigenvalue weighted by molar-refractivity contribution is 0.0963. The number of hydrogen-bond donors (Lipinski definition) is 1. The number of hydrogen-bond acceptors (Lipinski definition) is 5. The Labute approximate surface area is 242 Å². The number of nitrogens with zero attached hydrogens (tertiary/aromatic N) is 3. The molecule has 3 heterocycles. The Morgan fingerprint density at radius 2 is 1.69 bits per heavy atom. The van der Waals surface area contributed by atoms with E-state index in [1.807, 2.05) is 37.3 Å². The Morgan fingerprint density at radius 3 is 2.43 bits per heavy atom. The summed E-state index contributed by atoms with van der Waals surface area (Å²) in [5.74, 6) is -0.900. The lowest BCUT2D eigenvalue weighted by Gasteiger charge is -2.10. The van der Waals surface area contributed by atoms with E-state index in [1.54, 1.807) is 24.4 Å². The topological polar surface area (TPSA) is 93.9 Å². The zero-order chi connectivity index (χ0) is 29.4. The summed E-state index contributed by atoms with van der Waals surface area (Å²) in [6.45, 7) is 1.87. The van der Waals surface area contributed by atoms with Gasteiger partial charge in [-0.1, -0.05) is 48.0 Å². The molecule has 0 saturated heterocycles. The smallest absolute Gasteiger partial charge is 0.269 e. The summed E-state index contributed by atoms with van der Waals surface area (Å²) < 4.78 is 44.3. The van der Waals surface area contributed by atoms with Gasteiger partial charge in [-0.05, 0) is 72.9 Å². The van der Waals surface area contributed by atoms with Gasteiger partial charge in [-0.3, -0.25) is 9.78 Å². The number of carbonyl (C=O) groups is 1. The number of carbonyl (C=O) groups excluding carboxylic acids is 1. The van der Waals surface area contributed by atoms with E-state index in [-0.39, 0.29) is 27.5 Å². The predicted octanol–water partition coefficient (Wildman–Crippen LogP) is 6.08. The first kappa shape index (κ1) is 27.3. The maximum atomic E-state index is 15.6.